The van der Waals surface area contributed by atoms with Crippen LogP contribution in [0, 0.1) is 0 Å². The molecule has 4 rings (SSSR count). The number of rotatable bonds is 5. The summed E-state index contributed by atoms with van der Waals surface area (Å²) in [7, 11) is -3.75. The zero-order valence-corrected chi connectivity index (χ0v) is 15.7. The molecule has 7 heteroatoms. The van der Waals surface area contributed by atoms with Gasteiger partial charge in [0.2, 0.25) is 5.91 Å². The number of fused-ring (bicyclic) bond motifs is 1. The van der Waals surface area contributed by atoms with E-state index in [0.29, 0.717) is 12.2 Å². The van der Waals surface area contributed by atoms with Crippen molar-refractivity contribution in [3.05, 3.63) is 60.2 Å². The van der Waals surface area contributed by atoms with Crippen LogP contribution in [0.4, 0.5) is 5.69 Å². The Kier molecular flexibility index (Phi) is 4.47. The molecule has 1 aliphatic heterocycles. The number of carbonyl (C=O) groups is 1. The number of para-hydroxylation sites is 1. The molecule has 6 nitrogen and oxygen atoms in total. The van der Waals surface area contributed by atoms with Crippen LogP contribution in [-0.4, -0.2) is 38.1 Å². The third-order valence-corrected chi connectivity index (χ3v) is 7.14. The third kappa shape index (κ3) is 3.23. The van der Waals surface area contributed by atoms with E-state index in [0.717, 1.165) is 23.6 Å². The highest BCUT2D eigenvalue weighted by Crippen LogP contribution is 2.43. The lowest BCUT2D eigenvalue weighted by Gasteiger charge is -2.42. The zero-order chi connectivity index (χ0) is 18.9. The fraction of sp³-hybridized carbons (Fsp3) is 0.300. The SMILES string of the molecule is O=C(CN1C=Nc2ccccc2S1(=O)=O)NCC1(c2ccccc2)CCC1. The van der Waals surface area contributed by atoms with Gasteiger partial charge in [-0.05, 0) is 30.5 Å². The predicted octanol–water partition coefficient (Wildman–Crippen LogP) is 2.59. The topological polar surface area (TPSA) is 78.8 Å². The summed E-state index contributed by atoms with van der Waals surface area (Å²) in [6, 6.07) is 16.7. The third-order valence-electron chi connectivity index (χ3n) is 5.40. The Balaban J connectivity index is 1.43. The molecule has 0 aromatic heterocycles. The Bertz CT molecular complexity index is 983. The summed E-state index contributed by atoms with van der Waals surface area (Å²) in [5, 5.41) is 2.93. The normalized spacial score (nSPS) is 19.0. The number of hydrogen-bond acceptors (Lipinski definition) is 4. The van der Waals surface area contributed by atoms with Crippen LogP contribution >= 0.6 is 0 Å². The summed E-state index contributed by atoms with van der Waals surface area (Å²) in [6.07, 6.45) is 4.39. The van der Waals surface area contributed by atoms with Crippen LogP contribution in [0.2, 0.25) is 0 Å². The first kappa shape index (κ1) is 17.7. The van der Waals surface area contributed by atoms with E-state index >= 15 is 0 Å². The molecular formula is C20H21N3O3S. The molecule has 0 unspecified atom stereocenters. The Morgan fingerprint density at radius 2 is 1.78 bits per heavy atom. The minimum absolute atomic E-state index is 0.0433. The van der Waals surface area contributed by atoms with E-state index in [-0.39, 0.29) is 22.8 Å². The Hall–Kier alpha value is -2.67. The molecule has 1 heterocycles. The van der Waals surface area contributed by atoms with Crippen LogP contribution < -0.4 is 5.32 Å². The van der Waals surface area contributed by atoms with E-state index in [1.165, 1.54) is 18.0 Å². The zero-order valence-electron chi connectivity index (χ0n) is 14.8. The quantitative estimate of drug-likeness (QED) is 0.862. The Morgan fingerprint density at radius 1 is 1.07 bits per heavy atom. The molecule has 0 spiro atoms. The fourth-order valence-corrected chi connectivity index (χ4v) is 5.00. The number of hydrogen-bond donors (Lipinski definition) is 1. The maximum Gasteiger partial charge on any atom is 0.267 e. The molecule has 1 aliphatic carbocycles. The van der Waals surface area contributed by atoms with Crippen molar-refractivity contribution < 1.29 is 13.2 Å². The van der Waals surface area contributed by atoms with Crippen molar-refractivity contribution in [3.8, 4) is 0 Å². The van der Waals surface area contributed by atoms with Crippen molar-refractivity contribution in [2.24, 2.45) is 4.99 Å². The second-order valence-electron chi connectivity index (χ2n) is 7.04. The highest BCUT2D eigenvalue weighted by Gasteiger charge is 2.39. The smallest absolute Gasteiger partial charge is 0.267 e. The van der Waals surface area contributed by atoms with Crippen molar-refractivity contribution in [3.63, 3.8) is 0 Å². The number of nitrogens with zero attached hydrogens (tertiary/aromatic N) is 2. The van der Waals surface area contributed by atoms with Gasteiger partial charge in [0.25, 0.3) is 10.0 Å². The van der Waals surface area contributed by atoms with Crippen LogP contribution in [0.5, 0.6) is 0 Å². The molecule has 0 saturated heterocycles. The van der Waals surface area contributed by atoms with Gasteiger partial charge in [0.15, 0.2) is 0 Å². The molecule has 0 radical (unpaired) electrons. The summed E-state index contributed by atoms with van der Waals surface area (Å²) in [5.41, 5.74) is 1.57. The minimum Gasteiger partial charge on any atom is -0.354 e. The summed E-state index contributed by atoms with van der Waals surface area (Å²) in [4.78, 5) is 16.7. The summed E-state index contributed by atoms with van der Waals surface area (Å²) in [6.45, 7) is 0.239. The second-order valence-corrected chi connectivity index (χ2v) is 8.90. The molecule has 0 bridgehead atoms. The van der Waals surface area contributed by atoms with Crippen molar-refractivity contribution in [1.82, 2.24) is 9.62 Å². The average molecular weight is 383 g/mol. The molecule has 2 aliphatic rings. The minimum atomic E-state index is -3.75. The lowest BCUT2D eigenvalue weighted by molar-refractivity contribution is -0.121. The fourth-order valence-electron chi connectivity index (χ4n) is 3.65. The monoisotopic (exact) mass is 383 g/mol. The van der Waals surface area contributed by atoms with Gasteiger partial charge >= 0.3 is 0 Å². The highest BCUT2D eigenvalue weighted by molar-refractivity contribution is 7.89. The molecule has 1 amide bonds. The standard InChI is InChI=1S/C20H21N3O3S/c24-19(21-14-20(11-6-12-20)16-7-2-1-3-8-16)13-23-15-22-17-9-4-5-10-18(17)27(23,25)26/h1-5,7-10,15H,6,11-14H2,(H,21,24). The van der Waals surface area contributed by atoms with Crippen molar-refractivity contribution in [1.29, 1.82) is 0 Å². The lowest BCUT2D eigenvalue weighted by atomic mass is 9.64. The Labute approximate surface area is 159 Å². The number of sulfonamides is 1. The first-order chi connectivity index (χ1) is 13.0. The molecule has 1 fully saturated rings. The summed E-state index contributed by atoms with van der Waals surface area (Å²) in [5.74, 6) is -0.327. The van der Waals surface area contributed by atoms with Crippen molar-refractivity contribution >= 4 is 28.0 Å². The van der Waals surface area contributed by atoms with Gasteiger partial charge in [0, 0.05) is 12.0 Å². The maximum absolute atomic E-state index is 12.7. The number of aliphatic imine (C=N–C) groups is 1. The van der Waals surface area contributed by atoms with Crippen LogP contribution in [0.3, 0.4) is 0 Å². The lowest BCUT2D eigenvalue weighted by Crippen LogP contribution is -2.48. The van der Waals surface area contributed by atoms with Gasteiger partial charge in [-0.3, -0.25) is 4.79 Å². The number of benzene rings is 2. The van der Waals surface area contributed by atoms with E-state index < -0.39 is 10.0 Å². The van der Waals surface area contributed by atoms with Crippen molar-refractivity contribution in [2.45, 2.75) is 29.6 Å². The van der Waals surface area contributed by atoms with Gasteiger partial charge < -0.3 is 5.32 Å². The number of carbonyl (C=O) groups excluding carboxylic acids is 1. The summed E-state index contributed by atoms with van der Waals surface area (Å²) >= 11 is 0. The van der Waals surface area contributed by atoms with E-state index in [4.69, 9.17) is 0 Å². The van der Waals surface area contributed by atoms with Crippen LogP contribution in [0.1, 0.15) is 24.8 Å². The van der Waals surface area contributed by atoms with Gasteiger partial charge in [-0.15, -0.1) is 0 Å². The molecule has 2 aromatic carbocycles. The van der Waals surface area contributed by atoms with Crippen LogP contribution in [0.25, 0.3) is 0 Å². The van der Waals surface area contributed by atoms with Crippen LogP contribution in [0.15, 0.2) is 64.5 Å². The molecule has 1 N–H and O–H groups in total. The van der Waals surface area contributed by atoms with Crippen LogP contribution in [-0.2, 0) is 20.2 Å². The number of nitrogens with one attached hydrogen (secondary N) is 1. The molecular weight excluding hydrogens is 362 g/mol. The van der Waals surface area contributed by atoms with Gasteiger partial charge in [0.1, 0.15) is 17.8 Å². The van der Waals surface area contributed by atoms with E-state index in [2.05, 4.69) is 22.4 Å². The van der Waals surface area contributed by atoms with Gasteiger partial charge in [-0.2, -0.15) is 0 Å². The highest BCUT2D eigenvalue weighted by atomic mass is 32.2. The molecule has 0 atom stereocenters. The van der Waals surface area contributed by atoms with Gasteiger partial charge in [-0.1, -0.05) is 48.9 Å². The average Bonchev–Trinajstić information content (AvgIpc) is 2.64. The van der Waals surface area contributed by atoms with Gasteiger partial charge in [-0.25, -0.2) is 17.7 Å². The predicted molar refractivity (Wildman–Crippen MR) is 103 cm³/mol. The van der Waals surface area contributed by atoms with E-state index in [9.17, 15) is 13.2 Å². The first-order valence-corrected chi connectivity index (χ1v) is 10.4. The molecule has 1 saturated carbocycles. The summed E-state index contributed by atoms with van der Waals surface area (Å²) < 4.78 is 26.4. The number of amides is 1. The van der Waals surface area contributed by atoms with E-state index in [1.807, 2.05) is 18.2 Å². The molecule has 2 aromatic rings. The van der Waals surface area contributed by atoms with Crippen molar-refractivity contribution in [2.75, 3.05) is 13.1 Å². The van der Waals surface area contributed by atoms with E-state index in [1.54, 1.807) is 18.2 Å². The largest absolute Gasteiger partial charge is 0.354 e. The second kappa shape index (κ2) is 6.81. The molecule has 140 valence electrons. The first-order valence-electron chi connectivity index (χ1n) is 8.99. The maximum atomic E-state index is 12.7. The van der Waals surface area contributed by atoms with Gasteiger partial charge in [0.05, 0.1) is 5.69 Å². The molecule has 27 heavy (non-hydrogen) atoms. The Morgan fingerprint density at radius 3 is 2.48 bits per heavy atom.